The third kappa shape index (κ3) is 8.47. The lowest BCUT2D eigenvalue weighted by molar-refractivity contribution is 0.412. The second-order valence-corrected chi connectivity index (χ2v) is 4.89. The molecule has 0 aliphatic carbocycles. The smallest absolute Gasteiger partial charge is 0.166 e. The molecule has 0 aliphatic heterocycles. The molecule has 0 fully saturated rings. The summed E-state index contributed by atoms with van der Waals surface area (Å²) in [6.07, 6.45) is 1.80. The fraction of sp³-hybridized carbons (Fsp3) is 0.538. The van der Waals surface area contributed by atoms with Crippen LogP contribution in [0.4, 0.5) is 0 Å². The molecule has 5 nitrogen and oxygen atoms in total. The first-order valence-electron chi connectivity index (χ1n) is 6.45. The van der Waals surface area contributed by atoms with E-state index in [0.717, 1.165) is 38.4 Å². The molecule has 6 heteroatoms. The molecule has 0 atom stereocenters. The molecule has 0 saturated carbocycles. The third-order valence-electron chi connectivity index (χ3n) is 2.46. The molecule has 19 heavy (non-hydrogen) atoms. The summed E-state index contributed by atoms with van der Waals surface area (Å²) in [6.45, 7) is 4.27. The Bertz CT molecular complexity index is 355. The highest BCUT2D eigenvalue weighted by Gasteiger charge is 1.96. The summed E-state index contributed by atoms with van der Waals surface area (Å²) < 4.78 is 0. The summed E-state index contributed by atoms with van der Waals surface area (Å²) in [6, 6.07) is 5.92. The van der Waals surface area contributed by atoms with E-state index in [0.29, 0.717) is 5.11 Å². The number of hydrogen-bond acceptors (Lipinski definition) is 4. The Kier molecular flexibility index (Phi) is 8.04. The number of nitrogens with zero attached hydrogens (tertiary/aromatic N) is 2. The van der Waals surface area contributed by atoms with Crippen LogP contribution in [0.2, 0.25) is 0 Å². The minimum atomic E-state index is 0.710. The monoisotopic (exact) mass is 281 g/mol. The first kappa shape index (κ1) is 15.8. The molecular weight excluding hydrogens is 258 g/mol. The number of aromatic nitrogens is 1. The van der Waals surface area contributed by atoms with Crippen molar-refractivity contribution in [2.45, 2.75) is 6.54 Å². The highest BCUT2D eigenvalue weighted by Crippen LogP contribution is 1.90. The van der Waals surface area contributed by atoms with Crippen LogP contribution in [0.15, 0.2) is 24.4 Å². The van der Waals surface area contributed by atoms with E-state index in [1.54, 1.807) is 6.20 Å². The van der Waals surface area contributed by atoms with Gasteiger partial charge in [0.2, 0.25) is 0 Å². The Labute approximate surface area is 120 Å². The van der Waals surface area contributed by atoms with Gasteiger partial charge in [-0.25, -0.2) is 0 Å². The van der Waals surface area contributed by atoms with E-state index in [1.807, 2.05) is 32.3 Å². The number of likely N-dealkylation sites (N-methyl/N-ethyl adjacent to an activating group) is 1. The minimum Gasteiger partial charge on any atom is -0.361 e. The Morgan fingerprint density at radius 1 is 1.21 bits per heavy atom. The molecule has 0 bridgehead atoms. The van der Waals surface area contributed by atoms with Crippen LogP contribution in [0.1, 0.15) is 5.69 Å². The molecule has 0 unspecified atom stereocenters. The van der Waals surface area contributed by atoms with Crippen LogP contribution in [0.5, 0.6) is 0 Å². The lowest BCUT2D eigenvalue weighted by Gasteiger charge is -2.13. The fourth-order valence-corrected chi connectivity index (χ4v) is 1.64. The summed E-state index contributed by atoms with van der Waals surface area (Å²) in [5.41, 5.74) is 1.05. The van der Waals surface area contributed by atoms with E-state index >= 15 is 0 Å². The summed E-state index contributed by atoms with van der Waals surface area (Å²) >= 11 is 5.17. The highest BCUT2D eigenvalue weighted by atomic mass is 32.1. The first-order chi connectivity index (χ1) is 9.18. The van der Waals surface area contributed by atoms with E-state index in [9.17, 15) is 0 Å². The van der Waals surface area contributed by atoms with Crippen molar-refractivity contribution in [1.82, 2.24) is 25.8 Å². The van der Waals surface area contributed by atoms with Gasteiger partial charge in [0.15, 0.2) is 5.11 Å². The zero-order valence-electron chi connectivity index (χ0n) is 11.6. The van der Waals surface area contributed by atoms with Crippen LogP contribution in [-0.2, 0) is 6.54 Å². The van der Waals surface area contributed by atoms with Crippen LogP contribution in [0.3, 0.4) is 0 Å². The van der Waals surface area contributed by atoms with Gasteiger partial charge in [0.25, 0.3) is 0 Å². The molecule has 1 aromatic rings. The fourth-order valence-electron chi connectivity index (χ4n) is 1.44. The third-order valence-corrected chi connectivity index (χ3v) is 2.75. The molecule has 0 saturated heterocycles. The Balaban J connectivity index is 1.97. The largest absolute Gasteiger partial charge is 0.361 e. The minimum absolute atomic E-state index is 0.710. The van der Waals surface area contributed by atoms with Gasteiger partial charge in [-0.2, -0.15) is 0 Å². The van der Waals surface area contributed by atoms with Gasteiger partial charge in [-0.3, -0.25) is 4.98 Å². The molecule has 0 amide bonds. The van der Waals surface area contributed by atoms with Crippen molar-refractivity contribution in [1.29, 1.82) is 0 Å². The predicted octanol–water partition coefficient (Wildman–Crippen LogP) is 0.197. The summed E-state index contributed by atoms with van der Waals surface area (Å²) in [5.74, 6) is 0. The first-order valence-corrected chi connectivity index (χ1v) is 6.86. The average molecular weight is 281 g/mol. The number of hydrogen-bond donors (Lipinski definition) is 3. The maximum atomic E-state index is 5.17. The van der Waals surface area contributed by atoms with Gasteiger partial charge in [-0.1, -0.05) is 6.07 Å². The van der Waals surface area contributed by atoms with Gasteiger partial charge in [-0.15, -0.1) is 0 Å². The van der Waals surface area contributed by atoms with Crippen molar-refractivity contribution in [3.05, 3.63) is 30.1 Å². The molecular formula is C13H23N5S. The molecule has 1 aromatic heterocycles. The molecule has 3 N–H and O–H groups in total. The molecule has 0 radical (unpaired) electrons. The zero-order chi connectivity index (χ0) is 13.9. The van der Waals surface area contributed by atoms with Crippen LogP contribution >= 0.6 is 12.2 Å². The number of pyridine rings is 1. The predicted molar refractivity (Wildman–Crippen MR) is 83.1 cm³/mol. The lowest BCUT2D eigenvalue weighted by atomic mass is 10.3. The SMILES string of the molecule is CN(C)CCNC(=S)NCCNCc1ccccn1. The van der Waals surface area contributed by atoms with Gasteiger partial charge in [0.05, 0.1) is 5.69 Å². The van der Waals surface area contributed by atoms with Crippen molar-refractivity contribution in [2.24, 2.45) is 0 Å². The van der Waals surface area contributed by atoms with Crippen LogP contribution in [0.25, 0.3) is 0 Å². The van der Waals surface area contributed by atoms with Crippen LogP contribution < -0.4 is 16.0 Å². The van der Waals surface area contributed by atoms with E-state index in [1.165, 1.54) is 0 Å². The van der Waals surface area contributed by atoms with Gasteiger partial charge >= 0.3 is 0 Å². The van der Waals surface area contributed by atoms with E-state index in [2.05, 4.69) is 25.8 Å². The molecule has 0 aliphatic rings. The van der Waals surface area contributed by atoms with Crippen molar-refractivity contribution in [3.8, 4) is 0 Å². The maximum Gasteiger partial charge on any atom is 0.166 e. The van der Waals surface area contributed by atoms with Gasteiger partial charge in [0.1, 0.15) is 0 Å². The summed E-state index contributed by atoms with van der Waals surface area (Å²) in [4.78, 5) is 6.36. The molecule has 0 spiro atoms. The molecule has 0 aromatic carbocycles. The van der Waals surface area contributed by atoms with Gasteiger partial charge in [0, 0.05) is 38.9 Å². The topological polar surface area (TPSA) is 52.2 Å². The van der Waals surface area contributed by atoms with Crippen molar-refractivity contribution < 1.29 is 0 Å². The van der Waals surface area contributed by atoms with E-state index in [4.69, 9.17) is 12.2 Å². The quantitative estimate of drug-likeness (QED) is 0.467. The van der Waals surface area contributed by atoms with Crippen molar-refractivity contribution in [2.75, 3.05) is 40.3 Å². The number of nitrogens with one attached hydrogen (secondary N) is 3. The second kappa shape index (κ2) is 9.66. The maximum absolute atomic E-state index is 5.17. The Morgan fingerprint density at radius 3 is 2.68 bits per heavy atom. The zero-order valence-corrected chi connectivity index (χ0v) is 12.5. The van der Waals surface area contributed by atoms with Gasteiger partial charge in [-0.05, 0) is 38.4 Å². The number of rotatable bonds is 8. The molecule has 106 valence electrons. The Hall–Kier alpha value is -1.24. The number of thiocarbonyl (C=S) groups is 1. The second-order valence-electron chi connectivity index (χ2n) is 4.48. The van der Waals surface area contributed by atoms with Crippen LogP contribution in [0, 0.1) is 0 Å². The van der Waals surface area contributed by atoms with Crippen molar-refractivity contribution >= 4 is 17.3 Å². The van der Waals surface area contributed by atoms with E-state index < -0.39 is 0 Å². The van der Waals surface area contributed by atoms with Crippen molar-refractivity contribution in [3.63, 3.8) is 0 Å². The summed E-state index contributed by atoms with van der Waals surface area (Å²) in [5, 5.41) is 10.3. The summed E-state index contributed by atoms with van der Waals surface area (Å²) in [7, 11) is 4.08. The van der Waals surface area contributed by atoms with E-state index in [-0.39, 0.29) is 0 Å². The average Bonchev–Trinajstić information content (AvgIpc) is 2.39. The van der Waals surface area contributed by atoms with Gasteiger partial charge < -0.3 is 20.9 Å². The Morgan fingerprint density at radius 2 is 2.00 bits per heavy atom. The van der Waals surface area contributed by atoms with Crippen LogP contribution in [-0.4, -0.2) is 55.3 Å². The lowest BCUT2D eigenvalue weighted by Crippen LogP contribution is -2.41. The highest BCUT2D eigenvalue weighted by molar-refractivity contribution is 7.80. The normalized spacial score (nSPS) is 10.5. The molecule has 1 rings (SSSR count). The molecule has 1 heterocycles. The standard InChI is InChI=1S/C13H23N5S/c1-18(2)10-9-17-13(19)16-8-7-14-11-12-5-3-4-6-15-12/h3-6,14H,7-11H2,1-2H3,(H2,16,17,19).